The second kappa shape index (κ2) is 10.3. The van der Waals surface area contributed by atoms with Crippen molar-refractivity contribution in [2.45, 2.75) is 0 Å². The Hall–Kier alpha value is -3.42. The fourth-order valence-electron chi connectivity index (χ4n) is 3.57. The molecule has 1 aliphatic rings. The minimum Gasteiger partial charge on any atom is -0.457 e. The van der Waals surface area contributed by atoms with Crippen LogP contribution in [0, 0.1) is 0 Å². The van der Waals surface area contributed by atoms with Crippen molar-refractivity contribution in [1.29, 1.82) is 0 Å². The van der Waals surface area contributed by atoms with E-state index in [4.69, 9.17) is 16.6 Å². The minimum atomic E-state index is -0.322. The molecule has 1 aliphatic heterocycles. The lowest BCUT2D eigenvalue weighted by Crippen LogP contribution is -2.45. The van der Waals surface area contributed by atoms with Crippen LogP contribution >= 0.6 is 12.2 Å². The van der Waals surface area contributed by atoms with Crippen LogP contribution in [-0.4, -0.2) is 49.1 Å². The van der Waals surface area contributed by atoms with E-state index in [1.807, 2.05) is 60.7 Å². The van der Waals surface area contributed by atoms with Crippen LogP contribution in [0.2, 0.25) is 0 Å². The largest absolute Gasteiger partial charge is 0.457 e. The van der Waals surface area contributed by atoms with Crippen LogP contribution in [0.15, 0.2) is 77.2 Å². The number of hydrogen-bond acceptors (Lipinski definition) is 5. The molecule has 0 atom stereocenters. The number of thiocarbonyl (C=S) groups is 1. The zero-order valence-corrected chi connectivity index (χ0v) is 18.8. The summed E-state index contributed by atoms with van der Waals surface area (Å²) < 4.78 is 5.79. The zero-order valence-electron chi connectivity index (χ0n) is 18.0. The molecule has 6 nitrogen and oxygen atoms in total. The van der Waals surface area contributed by atoms with Gasteiger partial charge in [-0.05, 0) is 49.6 Å². The van der Waals surface area contributed by atoms with Crippen molar-refractivity contribution in [3.8, 4) is 11.3 Å². The number of nitrogens with one attached hydrogen (secondary N) is 2. The lowest BCUT2D eigenvalue weighted by Gasteiger charge is -2.35. The lowest BCUT2D eigenvalue weighted by atomic mass is 10.2. The van der Waals surface area contributed by atoms with E-state index in [1.54, 1.807) is 6.08 Å². The third kappa shape index (κ3) is 5.63. The van der Waals surface area contributed by atoms with E-state index >= 15 is 0 Å². The molecule has 7 heteroatoms. The van der Waals surface area contributed by atoms with Crippen LogP contribution in [0.25, 0.3) is 17.4 Å². The van der Waals surface area contributed by atoms with Gasteiger partial charge in [0.25, 0.3) is 0 Å². The summed E-state index contributed by atoms with van der Waals surface area (Å²) in [5, 5.41) is 6.12. The summed E-state index contributed by atoms with van der Waals surface area (Å²) >= 11 is 5.36. The van der Waals surface area contributed by atoms with Gasteiger partial charge >= 0.3 is 0 Å². The smallest absolute Gasteiger partial charge is 0.250 e. The Balaban J connectivity index is 1.34. The van der Waals surface area contributed by atoms with Crippen molar-refractivity contribution in [2.75, 3.05) is 43.4 Å². The van der Waals surface area contributed by atoms with Gasteiger partial charge in [-0.3, -0.25) is 10.1 Å². The van der Waals surface area contributed by atoms with Gasteiger partial charge in [-0.25, -0.2) is 0 Å². The van der Waals surface area contributed by atoms with Gasteiger partial charge in [0.1, 0.15) is 11.5 Å². The predicted octanol–water partition coefficient (Wildman–Crippen LogP) is 4.22. The van der Waals surface area contributed by atoms with Crippen LogP contribution in [0.4, 0.5) is 11.4 Å². The van der Waals surface area contributed by atoms with Crippen LogP contribution < -0.4 is 15.5 Å². The maximum absolute atomic E-state index is 12.3. The number of carbonyl (C=O) groups is 1. The van der Waals surface area contributed by atoms with Gasteiger partial charge in [-0.2, -0.15) is 0 Å². The molecular formula is C25H26N4O2S. The van der Waals surface area contributed by atoms with Gasteiger partial charge in [0.2, 0.25) is 5.91 Å². The van der Waals surface area contributed by atoms with Gasteiger partial charge < -0.3 is 19.5 Å². The molecule has 1 aromatic heterocycles. The first-order chi connectivity index (χ1) is 15.6. The van der Waals surface area contributed by atoms with Crippen molar-refractivity contribution in [2.24, 2.45) is 0 Å². The number of rotatable bonds is 5. The predicted molar refractivity (Wildman–Crippen MR) is 134 cm³/mol. The number of nitrogens with zero attached hydrogens (tertiary/aromatic N) is 2. The summed E-state index contributed by atoms with van der Waals surface area (Å²) in [5.74, 6) is 1.03. The highest BCUT2D eigenvalue weighted by Gasteiger charge is 2.17. The molecule has 4 rings (SSSR count). The van der Waals surface area contributed by atoms with Crippen LogP contribution in [0.5, 0.6) is 0 Å². The summed E-state index contributed by atoms with van der Waals surface area (Å²) in [6.45, 7) is 3.93. The highest BCUT2D eigenvalue weighted by Crippen LogP contribution is 2.26. The molecule has 1 fully saturated rings. The molecule has 2 aromatic carbocycles. The topological polar surface area (TPSA) is 60.8 Å². The number of anilines is 2. The Kier molecular flexibility index (Phi) is 6.99. The molecule has 164 valence electrons. The Morgan fingerprint density at radius 3 is 2.47 bits per heavy atom. The Bertz CT molecular complexity index is 1100. The Morgan fingerprint density at radius 1 is 0.969 bits per heavy atom. The lowest BCUT2D eigenvalue weighted by molar-refractivity contribution is -0.115. The molecule has 0 spiro atoms. The summed E-state index contributed by atoms with van der Waals surface area (Å²) in [6, 6.07) is 21.5. The minimum absolute atomic E-state index is 0.255. The van der Waals surface area contributed by atoms with Crippen LogP contribution in [0.1, 0.15) is 5.76 Å². The highest BCUT2D eigenvalue weighted by atomic mass is 32.1. The molecule has 0 radical (unpaired) electrons. The molecule has 2 heterocycles. The number of carbonyl (C=O) groups excluding carboxylic acids is 1. The number of hydrogen-bond donors (Lipinski definition) is 2. The van der Waals surface area contributed by atoms with Crippen LogP contribution in [-0.2, 0) is 4.79 Å². The van der Waals surface area contributed by atoms with Gasteiger partial charge in [-0.1, -0.05) is 42.5 Å². The number of para-hydroxylation sites is 2. The monoisotopic (exact) mass is 446 g/mol. The first-order valence-corrected chi connectivity index (χ1v) is 11.0. The highest BCUT2D eigenvalue weighted by molar-refractivity contribution is 7.80. The van der Waals surface area contributed by atoms with Gasteiger partial charge in [0.15, 0.2) is 5.11 Å². The van der Waals surface area contributed by atoms with Crippen molar-refractivity contribution in [3.63, 3.8) is 0 Å². The summed E-state index contributed by atoms with van der Waals surface area (Å²) in [5.41, 5.74) is 2.95. The molecule has 1 amide bonds. The van der Waals surface area contributed by atoms with E-state index in [-0.39, 0.29) is 11.0 Å². The molecule has 0 aliphatic carbocycles. The maximum atomic E-state index is 12.3. The first kappa shape index (κ1) is 21.8. The average Bonchev–Trinajstić information content (AvgIpc) is 3.28. The summed E-state index contributed by atoms with van der Waals surface area (Å²) in [4.78, 5) is 17.0. The summed E-state index contributed by atoms with van der Waals surface area (Å²) in [6.07, 6.45) is 3.04. The average molecular weight is 447 g/mol. The number of likely N-dealkylation sites (N-methyl/N-ethyl adjacent to an activating group) is 1. The quantitative estimate of drug-likeness (QED) is 0.452. The molecule has 2 N–H and O–H groups in total. The maximum Gasteiger partial charge on any atom is 0.250 e. The fraction of sp³-hybridized carbons (Fsp3) is 0.200. The van der Waals surface area contributed by atoms with Gasteiger partial charge in [0.05, 0.1) is 11.4 Å². The van der Waals surface area contributed by atoms with Crippen molar-refractivity contribution >= 4 is 40.7 Å². The van der Waals surface area contributed by atoms with E-state index in [2.05, 4.69) is 33.5 Å². The second-order valence-corrected chi connectivity index (χ2v) is 8.06. The van der Waals surface area contributed by atoms with E-state index in [0.717, 1.165) is 48.9 Å². The third-order valence-electron chi connectivity index (χ3n) is 5.32. The molecule has 1 saturated heterocycles. The zero-order chi connectivity index (χ0) is 22.3. The molecule has 0 saturated carbocycles. The van der Waals surface area contributed by atoms with Crippen LogP contribution in [0.3, 0.4) is 0 Å². The van der Waals surface area contributed by atoms with Gasteiger partial charge in [-0.15, -0.1) is 0 Å². The van der Waals surface area contributed by atoms with Crippen molar-refractivity contribution in [3.05, 3.63) is 78.6 Å². The Morgan fingerprint density at radius 2 is 1.69 bits per heavy atom. The SMILES string of the molecule is CN1CCN(c2ccccc2NC(=S)NC(=O)/C=C/c2ccc(-c3ccccc3)o2)CC1. The number of benzene rings is 2. The fourth-order valence-corrected chi connectivity index (χ4v) is 3.78. The summed E-state index contributed by atoms with van der Waals surface area (Å²) in [7, 11) is 2.13. The number of piperazine rings is 1. The van der Waals surface area contributed by atoms with E-state index in [0.29, 0.717) is 5.76 Å². The standard InChI is InChI=1S/C25H26N4O2S/c1-28-15-17-29(18-16-28)22-10-6-5-9-21(22)26-25(32)27-24(30)14-12-20-11-13-23(31-20)19-7-3-2-4-8-19/h2-14H,15-18H2,1H3,(H2,26,27,30,32)/b14-12+. The van der Waals surface area contributed by atoms with Gasteiger partial charge in [0, 0.05) is 37.8 Å². The van der Waals surface area contributed by atoms with E-state index in [1.165, 1.54) is 6.08 Å². The molecule has 0 bridgehead atoms. The molecule has 32 heavy (non-hydrogen) atoms. The third-order valence-corrected chi connectivity index (χ3v) is 5.52. The molecular weight excluding hydrogens is 420 g/mol. The number of amides is 1. The molecule has 3 aromatic rings. The number of furan rings is 1. The normalized spacial score (nSPS) is 14.5. The van der Waals surface area contributed by atoms with E-state index < -0.39 is 0 Å². The molecule has 0 unspecified atom stereocenters. The second-order valence-electron chi connectivity index (χ2n) is 7.65. The Labute approximate surface area is 193 Å². The first-order valence-electron chi connectivity index (χ1n) is 10.6. The van der Waals surface area contributed by atoms with E-state index in [9.17, 15) is 4.79 Å². The van der Waals surface area contributed by atoms with Crippen molar-refractivity contribution < 1.29 is 9.21 Å². The van der Waals surface area contributed by atoms with Crippen molar-refractivity contribution in [1.82, 2.24) is 10.2 Å².